The zero-order valence-electron chi connectivity index (χ0n) is 9.24. The molecule has 0 fully saturated rings. The van der Waals surface area contributed by atoms with Crippen LogP contribution in [0.1, 0.15) is 31.6 Å². The third-order valence-electron chi connectivity index (χ3n) is 2.65. The second-order valence-electron chi connectivity index (χ2n) is 3.97. The van der Waals surface area contributed by atoms with Crippen molar-refractivity contribution >= 4 is 27.0 Å². The largest absolute Gasteiger partial charge is 0.439 e. The Hall–Kier alpha value is -0.870. The van der Waals surface area contributed by atoms with E-state index >= 15 is 0 Å². The SMILES string of the molecule is CC(CCCN)c1nc2cccc(Br)c2o1. The highest BCUT2D eigenvalue weighted by Gasteiger charge is 2.14. The molecule has 3 nitrogen and oxygen atoms in total. The van der Waals surface area contributed by atoms with Crippen LogP contribution < -0.4 is 5.73 Å². The molecule has 0 saturated carbocycles. The van der Waals surface area contributed by atoms with E-state index < -0.39 is 0 Å². The number of aromatic nitrogens is 1. The number of nitrogens with zero attached hydrogens (tertiary/aromatic N) is 1. The molecular weight excluding hydrogens is 268 g/mol. The van der Waals surface area contributed by atoms with Crippen LogP contribution in [-0.4, -0.2) is 11.5 Å². The smallest absolute Gasteiger partial charge is 0.198 e. The highest BCUT2D eigenvalue weighted by molar-refractivity contribution is 9.10. The molecule has 1 aromatic heterocycles. The Kier molecular flexibility index (Phi) is 3.61. The number of para-hydroxylation sites is 1. The summed E-state index contributed by atoms with van der Waals surface area (Å²) >= 11 is 3.46. The van der Waals surface area contributed by atoms with Gasteiger partial charge in [-0.15, -0.1) is 0 Å². The number of halogens is 1. The number of oxazole rings is 1. The predicted molar refractivity (Wildman–Crippen MR) is 68.4 cm³/mol. The summed E-state index contributed by atoms with van der Waals surface area (Å²) in [6, 6.07) is 5.88. The topological polar surface area (TPSA) is 52.0 Å². The molecular formula is C12H15BrN2O. The summed E-state index contributed by atoms with van der Waals surface area (Å²) in [4.78, 5) is 4.49. The first-order valence-corrected chi connectivity index (χ1v) is 6.26. The van der Waals surface area contributed by atoms with E-state index in [1.54, 1.807) is 0 Å². The lowest BCUT2D eigenvalue weighted by atomic mass is 10.1. The van der Waals surface area contributed by atoms with Crippen LogP contribution in [0.4, 0.5) is 0 Å². The molecule has 0 radical (unpaired) electrons. The molecule has 2 aromatic rings. The molecule has 1 atom stereocenters. The van der Waals surface area contributed by atoms with E-state index in [2.05, 4.69) is 27.8 Å². The third-order valence-corrected chi connectivity index (χ3v) is 3.27. The minimum atomic E-state index is 0.322. The molecule has 0 bridgehead atoms. The van der Waals surface area contributed by atoms with Crippen LogP contribution >= 0.6 is 15.9 Å². The van der Waals surface area contributed by atoms with Gasteiger partial charge in [-0.2, -0.15) is 0 Å². The first-order chi connectivity index (χ1) is 7.72. The first kappa shape index (κ1) is 11.6. The van der Waals surface area contributed by atoms with Crippen LogP contribution in [-0.2, 0) is 0 Å². The molecule has 2 rings (SSSR count). The number of nitrogens with two attached hydrogens (primary N) is 1. The summed E-state index contributed by atoms with van der Waals surface area (Å²) in [6.07, 6.45) is 2.02. The van der Waals surface area contributed by atoms with E-state index in [4.69, 9.17) is 10.2 Å². The van der Waals surface area contributed by atoms with Gasteiger partial charge in [-0.3, -0.25) is 0 Å². The zero-order chi connectivity index (χ0) is 11.5. The van der Waals surface area contributed by atoms with Gasteiger partial charge in [0.2, 0.25) is 0 Å². The van der Waals surface area contributed by atoms with Crippen LogP contribution in [0.5, 0.6) is 0 Å². The van der Waals surface area contributed by atoms with Crippen LogP contribution in [0.25, 0.3) is 11.1 Å². The van der Waals surface area contributed by atoms with Gasteiger partial charge in [-0.25, -0.2) is 4.98 Å². The van der Waals surface area contributed by atoms with Gasteiger partial charge in [0.25, 0.3) is 0 Å². The maximum absolute atomic E-state index is 5.76. The first-order valence-electron chi connectivity index (χ1n) is 5.47. The normalized spacial score (nSPS) is 13.2. The van der Waals surface area contributed by atoms with Crippen molar-refractivity contribution in [2.45, 2.75) is 25.7 Å². The summed E-state index contributed by atoms with van der Waals surface area (Å²) in [5, 5.41) is 0. The van der Waals surface area contributed by atoms with Gasteiger partial charge in [0.05, 0.1) is 4.47 Å². The van der Waals surface area contributed by atoms with Crippen molar-refractivity contribution in [3.63, 3.8) is 0 Å². The quantitative estimate of drug-likeness (QED) is 0.935. The molecule has 1 unspecified atom stereocenters. The molecule has 0 aliphatic heterocycles. The Morgan fingerprint density at radius 3 is 3.00 bits per heavy atom. The Morgan fingerprint density at radius 1 is 1.50 bits per heavy atom. The summed E-state index contributed by atoms with van der Waals surface area (Å²) in [6.45, 7) is 2.84. The standard InChI is InChI=1S/C12H15BrN2O/c1-8(4-3-7-14)12-15-10-6-2-5-9(13)11(10)16-12/h2,5-6,8H,3-4,7,14H2,1H3. The molecule has 0 spiro atoms. The predicted octanol–water partition coefficient (Wildman–Crippen LogP) is 3.43. The Labute approximate surface area is 103 Å². The van der Waals surface area contributed by atoms with Crippen molar-refractivity contribution in [1.29, 1.82) is 0 Å². The molecule has 1 aromatic carbocycles. The van der Waals surface area contributed by atoms with Crippen molar-refractivity contribution in [3.8, 4) is 0 Å². The minimum Gasteiger partial charge on any atom is -0.439 e. The van der Waals surface area contributed by atoms with Crippen LogP contribution in [0.2, 0.25) is 0 Å². The Morgan fingerprint density at radius 2 is 2.31 bits per heavy atom. The van der Waals surface area contributed by atoms with Crippen molar-refractivity contribution in [2.75, 3.05) is 6.54 Å². The highest BCUT2D eigenvalue weighted by Crippen LogP contribution is 2.28. The van der Waals surface area contributed by atoms with Gasteiger partial charge < -0.3 is 10.2 Å². The molecule has 0 saturated heterocycles. The van der Waals surface area contributed by atoms with E-state index in [9.17, 15) is 0 Å². The van der Waals surface area contributed by atoms with Gasteiger partial charge in [0.15, 0.2) is 11.5 Å². The molecule has 0 aliphatic rings. The summed E-state index contributed by atoms with van der Waals surface area (Å²) in [5.74, 6) is 1.12. The van der Waals surface area contributed by atoms with E-state index in [-0.39, 0.29) is 0 Å². The number of hydrogen-bond donors (Lipinski definition) is 1. The van der Waals surface area contributed by atoms with Crippen molar-refractivity contribution < 1.29 is 4.42 Å². The van der Waals surface area contributed by atoms with Gasteiger partial charge in [0, 0.05) is 5.92 Å². The van der Waals surface area contributed by atoms with Gasteiger partial charge in [-0.1, -0.05) is 13.0 Å². The Balaban J connectivity index is 2.29. The number of benzene rings is 1. The minimum absolute atomic E-state index is 0.322. The lowest BCUT2D eigenvalue weighted by molar-refractivity contribution is 0.463. The van der Waals surface area contributed by atoms with Crippen molar-refractivity contribution in [2.24, 2.45) is 5.73 Å². The lowest BCUT2D eigenvalue weighted by Gasteiger charge is -2.04. The summed E-state index contributed by atoms with van der Waals surface area (Å²) < 4.78 is 6.71. The second kappa shape index (κ2) is 4.97. The Bertz CT molecular complexity index is 481. The average Bonchev–Trinajstić information content (AvgIpc) is 2.71. The number of rotatable bonds is 4. The molecule has 0 amide bonds. The molecule has 4 heteroatoms. The molecule has 16 heavy (non-hydrogen) atoms. The maximum Gasteiger partial charge on any atom is 0.198 e. The van der Waals surface area contributed by atoms with E-state index in [0.717, 1.165) is 34.3 Å². The molecule has 1 heterocycles. The van der Waals surface area contributed by atoms with Crippen LogP contribution in [0.15, 0.2) is 27.1 Å². The van der Waals surface area contributed by atoms with Gasteiger partial charge in [0.1, 0.15) is 5.52 Å². The van der Waals surface area contributed by atoms with Crippen molar-refractivity contribution in [1.82, 2.24) is 4.98 Å². The van der Waals surface area contributed by atoms with Crippen LogP contribution in [0.3, 0.4) is 0 Å². The van der Waals surface area contributed by atoms with E-state index in [1.807, 2.05) is 18.2 Å². The molecule has 2 N–H and O–H groups in total. The average molecular weight is 283 g/mol. The summed E-state index contributed by atoms with van der Waals surface area (Å²) in [5.41, 5.74) is 7.23. The summed E-state index contributed by atoms with van der Waals surface area (Å²) in [7, 11) is 0. The zero-order valence-corrected chi connectivity index (χ0v) is 10.8. The third kappa shape index (κ3) is 2.28. The highest BCUT2D eigenvalue weighted by atomic mass is 79.9. The molecule has 86 valence electrons. The van der Waals surface area contributed by atoms with E-state index in [1.165, 1.54) is 0 Å². The monoisotopic (exact) mass is 282 g/mol. The number of hydrogen-bond acceptors (Lipinski definition) is 3. The van der Waals surface area contributed by atoms with E-state index in [0.29, 0.717) is 12.5 Å². The number of fused-ring (bicyclic) bond motifs is 1. The second-order valence-corrected chi connectivity index (χ2v) is 4.83. The fourth-order valence-electron chi connectivity index (χ4n) is 1.69. The maximum atomic E-state index is 5.76. The van der Waals surface area contributed by atoms with Gasteiger partial charge >= 0.3 is 0 Å². The molecule has 0 aliphatic carbocycles. The van der Waals surface area contributed by atoms with Crippen molar-refractivity contribution in [3.05, 3.63) is 28.6 Å². The fraction of sp³-hybridized carbons (Fsp3) is 0.417. The fourth-order valence-corrected chi connectivity index (χ4v) is 2.13. The van der Waals surface area contributed by atoms with Crippen LogP contribution in [0, 0.1) is 0 Å². The van der Waals surface area contributed by atoms with Gasteiger partial charge in [-0.05, 0) is 47.4 Å². The lowest BCUT2D eigenvalue weighted by Crippen LogP contribution is -2.02.